The van der Waals surface area contributed by atoms with Gasteiger partial charge in [0, 0.05) is 13.0 Å². The van der Waals surface area contributed by atoms with Gasteiger partial charge in [0.15, 0.2) is 8.32 Å². The fraction of sp³-hybridized carbons (Fsp3) is 0.559. The molecule has 0 radical (unpaired) electrons. The number of carbonyl (C=O) groups is 1. The molecule has 0 heterocycles. The van der Waals surface area contributed by atoms with Gasteiger partial charge in [-0.25, -0.2) is 0 Å². The van der Waals surface area contributed by atoms with Crippen molar-refractivity contribution in [1.29, 1.82) is 0 Å². The molecular formula is C34H52O3Si2. The lowest BCUT2D eigenvalue weighted by Gasteiger charge is -2.43. The highest BCUT2D eigenvalue weighted by Gasteiger charge is 2.50. The standard InChI is InChI=1S/C34H52O3Si2/c1-26(2)27(25-30-31(35)21-22-32(30)37-38(9,10)33(3,4)5)23-24-36-39(34(6,7)8,28-17-13-11-14-18-28)29-19-15-12-16-20-29/h11-20,25-26,30,32H,21-24H2,1-10H3/b27-25+/t30-,32+/m1/s1. The Morgan fingerprint density at radius 1 is 0.897 bits per heavy atom. The first kappa shape index (κ1) is 31.7. The molecule has 0 aliphatic heterocycles. The molecular weight excluding hydrogens is 513 g/mol. The van der Waals surface area contributed by atoms with Crippen LogP contribution < -0.4 is 10.4 Å². The first-order chi connectivity index (χ1) is 18.1. The number of Topliss-reactive ketones (excluding diaryl/α,β-unsaturated/α-hetero) is 1. The minimum absolute atomic E-state index is 0.00950. The molecule has 0 bridgehead atoms. The fourth-order valence-electron chi connectivity index (χ4n) is 5.60. The maximum atomic E-state index is 13.1. The highest BCUT2D eigenvalue weighted by atomic mass is 28.4. The maximum absolute atomic E-state index is 13.1. The third kappa shape index (κ3) is 7.11. The topological polar surface area (TPSA) is 35.5 Å². The Morgan fingerprint density at radius 3 is 1.85 bits per heavy atom. The minimum Gasteiger partial charge on any atom is -0.413 e. The lowest BCUT2D eigenvalue weighted by molar-refractivity contribution is -0.120. The second-order valence-corrected chi connectivity index (χ2v) is 23.2. The average Bonchev–Trinajstić information content (AvgIpc) is 3.18. The molecule has 1 aliphatic carbocycles. The normalized spacial score (nSPS) is 19.7. The molecule has 0 N–H and O–H groups in total. The SMILES string of the molecule is CC(C)/C(=C/[C@@H]1C(=O)CC[C@@H]1O[Si](C)(C)C(C)(C)C)CCO[Si](c1ccccc1)(c1ccccc1)C(C)(C)C. The fourth-order valence-corrected chi connectivity index (χ4v) is 11.5. The molecule has 3 rings (SSSR count). The summed E-state index contributed by atoms with van der Waals surface area (Å²) in [5.41, 5.74) is 1.30. The highest BCUT2D eigenvalue weighted by molar-refractivity contribution is 6.99. The summed E-state index contributed by atoms with van der Waals surface area (Å²) in [7, 11) is -4.55. The predicted molar refractivity (Wildman–Crippen MR) is 171 cm³/mol. The predicted octanol–water partition coefficient (Wildman–Crippen LogP) is 7.91. The van der Waals surface area contributed by atoms with Crippen LogP contribution in [0.2, 0.25) is 23.2 Å². The highest BCUT2D eigenvalue weighted by Crippen LogP contribution is 2.41. The second kappa shape index (κ2) is 12.4. The third-order valence-electron chi connectivity index (χ3n) is 8.96. The maximum Gasteiger partial charge on any atom is 0.261 e. The Morgan fingerprint density at radius 2 is 1.41 bits per heavy atom. The van der Waals surface area contributed by atoms with Crippen LogP contribution in [0.1, 0.15) is 74.7 Å². The molecule has 5 heteroatoms. The molecule has 3 nitrogen and oxygen atoms in total. The average molecular weight is 565 g/mol. The van der Waals surface area contributed by atoms with E-state index in [4.69, 9.17) is 8.85 Å². The van der Waals surface area contributed by atoms with E-state index < -0.39 is 16.6 Å². The van der Waals surface area contributed by atoms with E-state index in [1.807, 2.05) is 0 Å². The van der Waals surface area contributed by atoms with Gasteiger partial charge in [0.2, 0.25) is 0 Å². The van der Waals surface area contributed by atoms with E-state index >= 15 is 0 Å². The van der Waals surface area contributed by atoms with Gasteiger partial charge in [-0.2, -0.15) is 0 Å². The van der Waals surface area contributed by atoms with Gasteiger partial charge in [0.25, 0.3) is 8.32 Å². The molecule has 0 spiro atoms. The van der Waals surface area contributed by atoms with Crippen LogP contribution in [-0.4, -0.2) is 35.1 Å². The summed E-state index contributed by atoms with van der Waals surface area (Å²) >= 11 is 0. The van der Waals surface area contributed by atoms with Crippen molar-refractivity contribution in [1.82, 2.24) is 0 Å². The Kier molecular flexibility index (Phi) is 10.1. The van der Waals surface area contributed by atoms with Crippen LogP contribution in [0.3, 0.4) is 0 Å². The number of hydrogen-bond donors (Lipinski definition) is 0. The van der Waals surface area contributed by atoms with Gasteiger partial charge in [-0.1, -0.05) is 128 Å². The molecule has 1 saturated carbocycles. The molecule has 0 unspecified atom stereocenters. The summed E-state index contributed by atoms with van der Waals surface area (Å²) < 4.78 is 14.0. The first-order valence-corrected chi connectivity index (χ1v) is 19.6. The number of hydrogen-bond acceptors (Lipinski definition) is 3. The van der Waals surface area contributed by atoms with Crippen LogP contribution in [0.15, 0.2) is 72.3 Å². The van der Waals surface area contributed by atoms with E-state index in [1.54, 1.807) is 0 Å². The van der Waals surface area contributed by atoms with Gasteiger partial charge in [0.05, 0.1) is 12.0 Å². The number of rotatable bonds is 10. The molecule has 214 valence electrons. The number of ketones is 1. The Labute approximate surface area is 240 Å². The summed E-state index contributed by atoms with van der Waals surface area (Å²) in [6.07, 6.45) is 4.51. The van der Waals surface area contributed by atoms with E-state index in [9.17, 15) is 4.79 Å². The molecule has 39 heavy (non-hydrogen) atoms. The monoisotopic (exact) mass is 564 g/mol. The number of benzene rings is 2. The summed E-state index contributed by atoms with van der Waals surface area (Å²) in [6.45, 7) is 23.4. The van der Waals surface area contributed by atoms with Gasteiger partial charge in [-0.15, -0.1) is 0 Å². The van der Waals surface area contributed by atoms with E-state index in [0.717, 1.165) is 12.8 Å². The van der Waals surface area contributed by atoms with Crippen LogP contribution >= 0.6 is 0 Å². The van der Waals surface area contributed by atoms with Crippen molar-refractivity contribution in [2.24, 2.45) is 11.8 Å². The smallest absolute Gasteiger partial charge is 0.261 e. The van der Waals surface area contributed by atoms with Gasteiger partial charge in [-0.05, 0) is 52.3 Å². The third-order valence-corrected chi connectivity index (χ3v) is 18.5. The van der Waals surface area contributed by atoms with Crippen molar-refractivity contribution in [2.75, 3.05) is 6.61 Å². The van der Waals surface area contributed by atoms with Crippen LogP contribution in [0.5, 0.6) is 0 Å². The number of carbonyl (C=O) groups excluding carboxylic acids is 1. The van der Waals surface area contributed by atoms with Crippen molar-refractivity contribution < 1.29 is 13.6 Å². The van der Waals surface area contributed by atoms with Crippen molar-refractivity contribution in [2.45, 2.75) is 104 Å². The van der Waals surface area contributed by atoms with E-state index in [1.165, 1.54) is 15.9 Å². The van der Waals surface area contributed by atoms with Crippen LogP contribution in [0.4, 0.5) is 0 Å². The van der Waals surface area contributed by atoms with Gasteiger partial charge >= 0.3 is 0 Å². The van der Waals surface area contributed by atoms with E-state index in [2.05, 4.69) is 135 Å². The lowest BCUT2D eigenvalue weighted by atomic mass is 9.93. The Bertz CT molecular complexity index is 1070. The summed E-state index contributed by atoms with van der Waals surface area (Å²) in [4.78, 5) is 13.1. The summed E-state index contributed by atoms with van der Waals surface area (Å²) in [6, 6.07) is 21.6. The Balaban J connectivity index is 1.90. The molecule has 0 saturated heterocycles. The van der Waals surface area contributed by atoms with Gasteiger partial charge in [-0.3, -0.25) is 4.79 Å². The molecule has 2 aromatic carbocycles. The van der Waals surface area contributed by atoms with E-state index in [-0.39, 0.29) is 22.1 Å². The summed E-state index contributed by atoms with van der Waals surface area (Å²) in [5, 5.41) is 2.67. The first-order valence-electron chi connectivity index (χ1n) is 14.8. The second-order valence-electron chi connectivity index (χ2n) is 14.1. The zero-order valence-electron chi connectivity index (χ0n) is 26.1. The molecule has 0 aromatic heterocycles. The molecule has 2 aromatic rings. The molecule has 0 amide bonds. The van der Waals surface area contributed by atoms with Crippen LogP contribution in [0.25, 0.3) is 0 Å². The van der Waals surface area contributed by atoms with Crippen molar-refractivity contribution in [3.8, 4) is 0 Å². The molecule has 1 aliphatic rings. The zero-order chi connectivity index (χ0) is 29.1. The van der Waals surface area contributed by atoms with E-state index in [0.29, 0.717) is 24.7 Å². The Hall–Kier alpha value is -1.80. The minimum atomic E-state index is -2.59. The summed E-state index contributed by atoms with van der Waals surface area (Å²) in [5.74, 6) is 0.517. The van der Waals surface area contributed by atoms with Crippen molar-refractivity contribution in [3.63, 3.8) is 0 Å². The van der Waals surface area contributed by atoms with Crippen LogP contribution in [0, 0.1) is 11.8 Å². The molecule has 1 fully saturated rings. The lowest BCUT2D eigenvalue weighted by Crippen LogP contribution is -2.66. The van der Waals surface area contributed by atoms with Gasteiger partial charge < -0.3 is 8.85 Å². The zero-order valence-corrected chi connectivity index (χ0v) is 28.1. The van der Waals surface area contributed by atoms with Crippen molar-refractivity contribution in [3.05, 3.63) is 72.3 Å². The van der Waals surface area contributed by atoms with Crippen molar-refractivity contribution >= 4 is 32.8 Å². The largest absolute Gasteiger partial charge is 0.413 e. The van der Waals surface area contributed by atoms with Gasteiger partial charge in [0.1, 0.15) is 5.78 Å². The quantitative estimate of drug-likeness (QED) is 0.217. The molecule has 2 atom stereocenters. The van der Waals surface area contributed by atoms with Crippen LogP contribution in [-0.2, 0) is 13.6 Å².